The summed E-state index contributed by atoms with van der Waals surface area (Å²) in [5.41, 5.74) is 5.51. The highest BCUT2D eigenvalue weighted by Gasteiger charge is 2.35. The molecule has 0 radical (unpaired) electrons. The minimum atomic E-state index is -0.577. The number of benzene rings is 1. The molecule has 9 heteroatoms. The lowest BCUT2D eigenvalue weighted by molar-refractivity contribution is 0.0144. The number of carbonyl (C=O) groups excluding carboxylic acids is 1. The van der Waals surface area contributed by atoms with E-state index in [4.69, 9.17) is 14.7 Å². The molecule has 0 aliphatic carbocycles. The summed E-state index contributed by atoms with van der Waals surface area (Å²) in [5, 5.41) is 10.2. The van der Waals surface area contributed by atoms with E-state index < -0.39 is 5.60 Å². The SMILES string of the molecule is CSc1nc2c(c(N3CCN(C(=O)OC(C)(C)C)[C@@H](CC#N)C3)n1)CCN(c1cccc(C)c1C)C2. The molecule has 1 saturated heterocycles. The zero-order valence-electron chi connectivity index (χ0n) is 22.2. The number of carbonyl (C=O) groups is 1. The van der Waals surface area contributed by atoms with Gasteiger partial charge in [-0.15, -0.1) is 0 Å². The summed E-state index contributed by atoms with van der Waals surface area (Å²) < 4.78 is 5.62. The fraction of sp³-hybridized carbons (Fsp3) is 0.556. The Balaban J connectivity index is 1.61. The normalized spacial score (nSPS) is 18.0. The van der Waals surface area contributed by atoms with Gasteiger partial charge in [-0.3, -0.25) is 0 Å². The van der Waals surface area contributed by atoms with Gasteiger partial charge in [0.05, 0.1) is 30.8 Å². The molecule has 1 aromatic carbocycles. The van der Waals surface area contributed by atoms with Crippen molar-refractivity contribution < 1.29 is 9.53 Å². The number of hydrogen-bond donors (Lipinski definition) is 0. The van der Waals surface area contributed by atoms with Gasteiger partial charge in [-0.1, -0.05) is 23.9 Å². The van der Waals surface area contributed by atoms with Crippen LogP contribution in [0.1, 0.15) is 49.6 Å². The Kier molecular flexibility index (Phi) is 7.65. The van der Waals surface area contributed by atoms with Gasteiger partial charge in [-0.25, -0.2) is 14.8 Å². The summed E-state index contributed by atoms with van der Waals surface area (Å²) >= 11 is 1.54. The highest BCUT2D eigenvalue weighted by molar-refractivity contribution is 7.98. The van der Waals surface area contributed by atoms with E-state index in [2.05, 4.69) is 47.9 Å². The van der Waals surface area contributed by atoms with Gasteiger partial charge in [0.25, 0.3) is 0 Å². The molecule has 8 nitrogen and oxygen atoms in total. The molecule has 0 saturated carbocycles. The lowest BCUT2D eigenvalue weighted by Crippen LogP contribution is -2.56. The molecular formula is C27H36N6O2S. The molecule has 1 amide bonds. The van der Waals surface area contributed by atoms with Crippen molar-refractivity contribution in [3.63, 3.8) is 0 Å². The summed E-state index contributed by atoms with van der Waals surface area (Å²) in [5.74, 6) is 0.941. The minimum Gasteiger partial charge on any atom is -0.444 e. The molecule has 4 rings (SSSR count). The van der Waals surface area contributed by atoms with Crippen LogP contribution in [0.4, 0.5) is 16.3 Å². The van der Waals surface area contributed by atoms with Gasteiger partial charge < -0.3 is 19.4 Å². The fourth-order valence-corrected chi connectivity index (χ4v) is 5.29. The number of hydrogen-bond acceptors (Lipinski definition) is 8. The van der Waals surface area contributed by atoms with Crippen molar-refractivity contribution in [2.45, 2.75) is 70.8 Å². The molecule has 0 unspecified atom stereocenters. The number of aryl methyl sites for hydroxylation is 1. The molecule has 0 bridgehead atoms. The van der Waals surface area contributed by atoms with E-state index in [0.717, 1.165) is 36.2 Å². The van der Waals surface area contributed by atoms with Gasteiger partial charge in [0, 0.05) is 37.4 Å². The summed E-state index contributed by atoms with van der Waals surface area (Å²) in [6, 6.07) is 8.46. The summed E-state index contributed by atoms with van der Waals surface area (Å²) in [7, 11) is 0. The van der Waals surface area contributed by atoms with Gasteiger partial charge in [0.1, 0.15) is 11.4 Å². The Bertz CT molecular complexity index is 1170. The smallest absolute Gasteiger partial charge is 0.410 e. The molecule has 2 aliphatic rings. The minimum absolute atomic E-state index is 0.249. The van der Waals surface area contributed by atoms with E-state index in [-0.39, 0.29) is 18.6 Å². The van der Waals surface area contributed by atoms with E-state index in [9.17, 15) is 10.1 Å². The number of ether oxygens (including phenoxy) is 1. The number of thioether (sulfide) groups is 1. The van der Waals surface area contributed by atoms with Crippen LogP contribution in [0.15, 0.2) is 23.4 Å². The van der Waals surface area contributed by atoms with Crippen molar-refractivity contribution in [1.29, 1.82) is 5.26 Å². The van der Waals surface area contributed by atoms with Crippen LogP contribution in [0.2, 0.25) is 0 Å². The topological polar surface area (TPSA) is 85.6 Å². The van der Waals surface area contributed by atoms with E-state index in [1.54, 1.807) is 16.7 Å². The highest BCUT2D eigenvalue weighted by Crippen LogP contribution is 2.34. The maximum atomic E-state index is 12.8. The van der Waals surface area contributed by atoms with Crippen molar-refractivity contribution in [2.24, 2.45) is 0 Å². The van der Waals surface area contributed by atoms with Gasteiger partial charge in [-0.05, 0) is 64.5 Å². The van der Waals surface area contributed by atoms with Crippen molar-refractivity contribution in [1.82, 2.24) is 14.9 Å². The zero-order chi connectivity index (χ0) is 26.0. The Morgan fingerprint density at radius 1 is 1.19 bits per heavy atom. The van der Waals surface area contributed by atoms with Crippen molar-refractivity contribution >= 4 is 29.4 Å². The maximum absolute atomic E-state index is 12.8. The van der Waals surface area contributed by atoms with Crippen LogP contribution in [0.25, 0.3) is 0 Å². The second-order valence-corrected chi connectivity index (χ2v) is 11.3. The number of anilines is 2. The third-order valence-electron chi connectivity index (χ3n) is 6.86. The van der Waals surface area contributed by atoms with Crippen molar-refractivity contribution in [3.8, 4) is 6.07 Å². The summed E-state index contributed by atoms with van der Waals surface area (Å²) in [6.45, 7) is 13.2. The molecular weight excluding hydrogens is 472 g/mol. The van der Waals surface area contributed by atoms with E-state index in [0.29, 0.717) is 19.6 Å². The van der Waals surface area contributed by atoms with E-state index in [1.807, 2.05) is 27.0 Å². The number of nitriles is 1. The van der Waals surface area contributed by atoms with Gasteiger partial charge in [0.2, 0.25) is 0 Å². The van der Waals surface area contributed by atoms with Crippen LogP contribution in [-0.4, -0.2) is 65.0 Å². The summed E-state index contributed by atoms with van der Waals surface area (Å²) in [4.78, 5) is 29.0. The van der Waals surface area contributed by atoms with E-state index in [1.165, 1.54) is 22.4 Å². The lowest BCUT2D eigenvalue weighted by atomic mass is 10.0. The lowest BCUT2D eigenvalue weighted by Gasteiger charge is -2.42. The quantitative estimate of drug-likeness (QED) is 0.433. The summed E-state index contributed by atoms with van der Waals surface area (Å²) in [6.07, 6.45) is 2.73. The van der Waals surface area contributed by atoms with Crippen molar-refractivity contribution in [2.75, 3.05) is 42.2 Å². The molecule has 1 aromatic heterocycles. The van der Waals surface area contributed by atoms with Crippen LogP contribution < -0.4 is 9.80 Å². The third-order valence-corrected chi connectivity index (χ3v) is 7.41. The standard InChI is InChI=1S/C27H36N6O2S/c1-18-8-7-9-23(19(18)2)31-13-11-21-22(17-31)29-25(36-6)30-24(21)32-14-15-33(20(16-32)10-12-28)26(34)35-27(3,4)5/h7-9,20H,10-11,13-17H2,1-6H3/t20-/m0/s1. The maximum Gasteiger partial charge on any atom is 0.410 e. The van der Waals surface area contributed by atoms with Crippen LogP contribution in [-0.2, 0) is 17.7 Å². The van der Waals surface area contributed by atoms with Crippen molar-refractivity contribution in [3.05, 3.63) is 40.6 Å². The largest absolute Gasteiger partial charge is 0.444 e. The van der Waals surface area contributed by atoms with Gasteiger partial charge in [0.15, 0.2) is 5.16 Å². The average molecular weight is 509 g/mol. The number of aromatic nitrogens is 2. The van der Waals surface area contributed by atoms with Crippen LogP contribution in [0.5, 0.6) is 0 Å². The Labute approximate surface area is 218 Å². The average Bonchev–Trinajstić information content (AvgIpc) is 2.83. The second-order valence-electron chi connectivity index (χ2n) is 10.5. The number of fused-ring (bicyclic) bond motifs is 1. The Hall–Kier alpha value is -2.99. The Morgan fingerprint density at radius 3 is 2.67 bits per heavy atom. The van der Waals surface area contributed by atoms with Crippen LogP contribution in [0.3, 0.4) is 0 Å². The number of amides is 1. The molecule has 3 heterocycles. The van der Waals surface area contributed by atoms with Gasteiger partial charge >= 0.3 is 6.09 Å². The first-order valence-electron chi connectivity index (χ1n) is 12.5. The molecule has 1 fully saturated rings. The molecule has 0 N–H and O–H groups in total. The van der Waals surface area contributed by atoms with Crippen LogP contribution >= 0.6 is 11.8 Å². The third kappa shape index (κ3) is 5.54. The number of rotatable bonds is 4. The second kappa shape index (κ2) is 10.6. The Morgan fingerprint density at radius 2 is 1.97 bits per heavy atom. The molecule has 0 spiro atoms. The molecule has 2 aliphatic heterocycles. The first-order valence-corrected chi connectivity index (χ1v) is 13.7. The highest BCUT2D eigenvalue weighted by atomic mass is 32.2. The van der Waals surface area contributed by atoms with E-state index >= 15 is 0 Å². The molecule has 2 aromatic rings. The molecule has 1 atom stereocenters. The van der Waals surface area contributed by atoms with Crippen LogP contribution in [0, 0.1) is 25.2 Å². The predicted molar refractivity (Wildman–Crippen MR) is 144 cm³/mol. The monoisotopic (exact) mass is 508 g/mol. The van der Waals surface area contributed by atoms with Gasteiger partial charge in [-0.2, -0.15) is 5.26 Å². The molecule has 36 heavy (non-hydrogen) atoms. The fourth-order valence-electron chi connectivity index (χ4n) is 4.91. The number of piperazine rings is 1. The first kappa shape index (κ1) is 26.1. The number of nitrogens with zero attached hydrogens (tertiary/aromatic N) is 6. The molecule has 192 valence electrons. The zero-order valence-corrected chi connectivity index (χ0v) is 23.0. The first-order chi connectivity index (χ1) is 17.1. The predicted octanol–water partition coefficient (Wildman–Crippen LogP) is 4.72.